The Morgan fingerprint density at radius 3 is 2.38 bits per heavy atom. The fourth-order valence-electron chi connectivity index (χ4n) is 1.19. The van der Waals surface area contributed by atoms with E-state index in [9.17, 15) is 18.0 Å². The molecule has 88 valence electrons. The molecule has 2 N–H and O–H groups in total. The van der Waals surface area contributed by atoms with Gasteiger partial charge >= 0.3 is 12.1 Å². The van der Waals surface area contributed by atoms with Gasteiger partial charge in [-0.15, -0.1) is 0 Å². The summed E-state index contributed by atoms with van der Waals surface area (Å²) in [6, 6.07) is 2.77. The second-order valence-electron chi connectivity index (χ2n) is 2.94. The maximum absolute atomic E-state index is 12.5. The zero-order valence-electron chi connectivity index (χ0n) is 7.62. The third-order valence-electron chi connectivity index (χ3n) is 1.87. The number of rotatable bonds is 2. The fourth-order valence-corrected chi connectivity index (χ4v) is 1.46. The van der Waals surface area contributed by atoms with Gasteiger partial charge in [0, 0.05) is 10.6 Å². The highest BCUT2D eigenvalue weighted by molar-refractivity contribution is 6.31. The molecule has 0 unspecified atom stereocenters. The largest absolute Gasteiger partial charge is 0.479 e. The van der Waals surface area contributed by atoms with Gasteiger partial charge in [0.1, 0.15) is 0 Å². The van der Waals surface area contributed by atoms with Gasteiger partial charge in [-0.05, 0) is 12.1 Å². The van der Waals surface area contributed by atoms with Crippen molar-refractivity contribution in [3.63, 3.8) is 0 Å². The van der Waals surface area contributed by atoms with Crippen LogP contribution in [0.3, 0.4) is 0 Å². The van der Waals surface area contributed by atoms with Crippen molar-refractivity contribution in [2.75, 3.05) is 0 Å². The quantitative estimate of drug-likeness (QED) is 0.852. The van der Waals surface area contributed by atoms with Gasteiger partial charge < -0.3 is 10.2 Å². The van der Waals surface area contributed by atoms with Crippen LogP contribution in [-0.2, 0) is 11.0 Å². The third-order valence-corrected chi connectivity index (χ3v) is 2.20. The average molecular weight is 255 g/mol. The summed E-state index contributed by atoms with van der Waals surface area (Å²) in [6.07, 6.45) is -7.07. The number of carboxylic acids is 1. The van der Waals surface area contributed by atoms with Crippen LogP contribution in [0.15, 0.2) is 18.2 Å². The van der Waals surface area contributed by atoms with Crippen LogP contribution >= 0.6 is 11.6 Å². The Labute approximate surface area is 93.1 Å². The lowest BCUT2D eigenvalue weighted by atomic mass is 10.0. The van der Waals surface area contributed by atoms with E-state index in [2.05, 4.69) is 0 Å². The minimum Gasteiger partial charge on any atom is -0.479 e. The lowest BCUT2D eigenvalue weighted by Crippen LogP contribution is -2.17. The molecule has 0 amide bonds. The van der Waals surface area contributed by atoms with E-state index < -0.39 is 34.4 Å². The smallest absolute Gasteiger partial charge is 0.416 e. The molecule has 1 atom stereocenters. The molecule has 0 spiro atoms. The average Bonchev–Trinajstić information content (AvgIpc) is 2.14. The molecular weight excluding hydrogens is 249 g/mol. The standard InChI is InChI=1S/C9H6ClF3O3/c10-5-3-1-2-4(9(11,12)13)6(5)7(14)8(15)16/h1-3,7,14H,(H,15,16)/t7-/m1/s1. The molecule has 3 nitrogen and oxygen atoms in total. The van der Waals surface area contributed by atoms with Crippen LogP contribution in [0.25, 0.3) is 0 Å². The van der Waals surface area contributed by atoms with E-state index in [1.807, 2.05) is 0 Å². The monoisotopic (exact) mass is 254 g/mol. The third kappa shape index (κ3) is 2.45. The first kappa shape index (κ1) is 12.8. The number of hydrogen-bond donors (Lipinski definition) is 2. The Kier molecular flexibility index (Phi) is 3.44. The lowest BCUT2D eigenvalue weighted by molar-refractivity contribution is -0.149. The molecular formula is C9H6ClF3O3. The molecule has 16 heavy (non-hydrogen) atoms. The summed E-state index contributed by atoms with van der Waals surface area (Å²) in [5, 5.41) is 17.2. The molecule has 0 aliphatic heterocycles. The summed E-state index contributed by atoms with van der Waals surface area (Å²) in [7, 11) is 0. The molecule has 1 rings (SSSR count). The normalized spacial score (nSPS) is 13.6. The van der Waals surface area contributed by atoms with Gasteiger partial charge in [0.05, 0.1) is 5.56 Å². The van der Waals surface area contributed by atoms with Crippen LogP contribution in [-0.4, -0.2) is 16.2 Å². The predicted molar refractivity (Wildman–Crippen MR) is 49.0 cm³/mol. The van der Waals surface area contributed by atoms with E-state index in [0.29, 0.717) is 6.07 Å². The van der Waals surface area contributed by atoms with Gasteiger partial charge in [-0.1, -0.05) is 17.7 Å². The zero-order chi connectivity index (χ0) is 12.5. The maximum atomic E-state index is 12.5. The highest BCUT2D eigenvalue weighted by Gasteiger charge is 2.37. The number of aliphatic hydroxyl groups is 1. The second-order valence-corrected chi connectivity index (χ2v) is 3.35. The summed E-state index contributed by atoms with van der Waals surface area (Å²) in [4.78, 5) is 10.5. The molecule has 1 aromatic rings. The van der Waals surface area contributed by atoms with Gasteiger partial charge in [0.15, 0.2) is 6.10 Å². The van der Waals surface area contributed by atoms with Crippen molar-refractivity contribution in [1.29, 1.82) is 0 Å². The number of alkyl halides is 3. The molecule has 0 radical (unpaired) electrons. The Bertz CT molecular complexity index is 417. The van der Waals surface area contributed by atoms with Gasteiger partial charge in [-0.25, -0.2) is 4.79 Å². The van der Waals surface area contributed by atoms with Gasteiger partial charge in [0.25, 0.3) is 0 Å². The molecule has 0 saturated carbocycles. The highest BCUT2D eigenvalue weighted by Crippen LogP contribution is 2.38. The number of hydrogen-bond acceptors (Lipinski definition) is 2. The van der Waals surface area contributed by atoms with Crippen LogP contribution in [0, 0.1) is 0 Å². The van der Waals surface area contributed by atoms with Crippen LogP contribution < -0.4 is 0 Å². The molecule has 0 bridgehead atoms. The Morgan fingerprint density at radius 1 is 1.38 bits per heavy atom. The molecule has 7 heteroatoms. The van der Waals surface area contributed by atoms with Crippen LogP contribution in [0.2, 0.25) is 5.02 Å². The maximum Gasteiger partial charge on any atom is 0.416 e. The van der Waals surface area contributed by atoms with Crippen molar-refractivity contribution in [2.45, 2.75) is 12.3 Å². The molecule has 0 aliphatic carbocycles. The van der Waals surface area contributed by atoms with Crippen LogP contribution in [0.5, 0.6) is 0 Å². The van der Waals surface area contributed by atoms with Crippen molar-refractivity contribution in [1.82, 2.24) is 0 Å². The number of halogens is 4. The van der Waals surface area contributed by atoms with Crippen molar-refractivity contribution < 1.29 is 28.2 Å². The highest BCUT2D eigenvalue weighted by atomic mass is 35.5. The van der Waals surface area contributed by atoms with Crippen molar-refractivity contribution in [3.05, 3.63) is 34.3 Å². The van der Waals surface area contributed by atoms with Crippen molar-refractivity contribution in [2.24, 2.45) is 0 Å². The number of aliphatic carboxylic acids is 1. The first-order valence-electron chi connectivity index (χ1n) is 4.01. The number of carboxylic acid groups (broad SMARTS) is 1. The van der Waals surface area contributed by atoms with Crippen molar-refractivity contribution in [3.8, 4) is 0 Å². The van der Waals surface area contributed by atoms with E-state index in [-0.39, 0.29) is 0 Å². The Balaban J connectivity index is 3.41. The lowest BCUT2D eigenvalue weighted by Gasteiger charge is -2.16. The molecule has 0 heterocycles. The predicted octanol–water partition coefficient (Wildman–Crippen LogP) is 2.48. The van der Waals surface area contributed by atoms with Crippen LogP contribution in [0.1, 0.15) is 17.2 Å². The summed E-state index contributed by atoms with van der Waals surface area (Å²) >= 11 is 5.45. The van der Waals surface area contributed by atoms with E-state index >= 15 is 0 Å². The Morgan fingerprint density at radius 2 is 1.94 bits per heavy atom. The summed E-state index contributed by atoms with van der Waals surface area (Å²) < 4.78 is 37.5. The summed E-state index contributed by atoms with van der Waals surface area (Å²) in [5.41, 5.74) is -2.10. The summed E-state index contributed by atoms with van der Waals surface area (Å²) in [5.74, 6) is -1.79. The number of benzene rings is 1. The van der Waals surface area contributed by atoms with Gasteiger partial charge in [-0.3, -0.25) is 0 Å². The molecule has 0 saturated heterocycles. The number of aliphatic hydroxyl groups excluding tert-OH is 1. The minimum absolute atomic E-state index is 0.440. The fraction of sp³-hybridized carbons (Fsp3) is 0.222. The number of carbonyl (C=O) groups is 1. The van der Waals surface area contributed by atoms with Crippen molar-refractivity contribution >= 4 is 17.6 Å². The van der Waals surface area contributed by atoms with E-state index in [4.69, 9.17) is 21.8 Å². The molecule has 0 aromatic heterocycles. The zero-order valence-corrected chi connectivity index (χ0v) is 8.38. The van der Waals surface area contributed by atoms with E-state index in [1.165, 1.54) is 0 Å². The summed E-state index contributed by atoms with van der Waals surface area (Å²) in [6.45, 7) is 0. The minimum atomic E-state index is -4.77. The molecule has 0 aliphatic rings. The van der Waals surface area contributed by atoms with Gasteiger partial charge in [-0.2, -0.15) is 13.2 Å². The topological polar surface area (TPSA) is 57.5 Å². The van der Waals surface area contributed by atoms with E-state index in [1.54, 1.807) is 0 Å². The van der Waals surface area contributed by atoms with E-state index in [0.717, 1.165) is 12.1 Å². The molecule has 1 aromatic carbocycles. The van der Waals surface area contributed by atoms with Gasteiger partial charge in [0.2, 0.25) is 0 Å². The SMILES string of the molecule is O=C(O)[C@H](O)c1c(Cl)cccc1C(F)(F)F. The first-order valence-corrected chi connectivity index (χ1v) is 4.39. The van der Waals surface area contributed by atoms with Crippen LogP contribution in [0.4, 0.5) is 13.2 Å². The second kappa shape index (κ2) is 4.31. The first-order chi connectivity index (χ1) is 7.25. The Hall–Kier alpha value is -1.27. The molecule has 0 fully saturated rings.